The molecule has 1 unspecified atom stereocenters. The summed E-state index contributed by atoms with van der Waals surface area (Å²) in [5.74, 6) is -0.407. The maximum absolute atomic E-state index is 10.9. The summed E-state index contributed by atoms with van der Waals surface area (Å²) in [6.45, 7) is 1.87. The summed E-state index contributed by atoms with van der Waals surface area (Å²) in [7, 11) is 1.57. The van der Waals surface area contributed by atoms with Gasteiger partial charge in [0.1, 0.15) is 0 Å². The first-order valence-corrected chi connectivity index (χ1v) is 3.55. The standard InChI is InChI=1S/C6H12N2OS/c1-3-4(5(7)10)6(9)8-2/h4H,3H2,1-2H3,(H2,7,10)(H,8,9). The quantitative estimate of drug-likeness (QED) is 0.573. The van der Waals surface area contributed by atoms with Gasteiger partial charge in [0.2, 0.25) is 5.91 Å². The van der Waals surface area contributed by atoms with Gasteiger partial charge in [0.25, 0.3) is 0 Å². The van der Waals surface area contributed by atoms with Gasteiger partial charge in [0, 0.05) is 7.05 Å². The highest BCUT2D eigenvalue weighted by molar-refractivity contribution is 7.80. The number of hydrogen-bond acceptors (Lipinski definition) is 2. The summed E-state index contributed by atoms with van der Waals surface area (Å²) < 4.78 is 0. The molecular formula is C6H12N2OS. The Morgan fingerprint density at radius 1 is 1.80 bits per heavy atom. The zero-order chi connectivity index (χ0) is 8.15. The molecule has 0 aromatic heterocycles. The fourth-order valence-electron chi connectivity index (χ4n) is 0.690. The van der Waals surface area contributed by atoms with E-state index in [0.717, 1.165) is 0 Å². The van der Waals surface area contributed by atoms with Crippen LogP contribution in [0.5, 0.6) is 0 Å². The minimum atomic E-state index is -0.306. The van der Waals surface area contributed by atoms with Gasteiger partial charge in [-0.05, 0) is 6.42 Å². The highest BCUT2D eigenvalue weighted by atomic mass is 32.1. The third-order valence-electron chi connectivity index (χ3n) is 1.31. The first kappa shape index (κ1) is 9.36. The molecule has 58 valence electrons. The normalized spacial score (nSPS) is 12.2. The van der Waals surface area contributed by atoms with Gasteiger partial charge in [0.15, 0.2) is 0 Å². The van der Waals surface area contributed by atoms with Crippen LogP contribution in [0.15, 0.2) is 0 Å². The van der Waals surface area contributed by atoms with Gasteiger partial charge in [-0.1, -0.05) is 19.1 Å². The predicted molar refractivity (Wildman–Crippen MR) is 44.6 cm³/mol. The number of hydrogen-bond donors (Lipinski definition) is 2. The van der Waals surface area contributed by atoms with Crippen LogP contribution in [0.2, 0.25) is 0 Å². The molecule has 0 aliphatic rings. The molecule has 10 heavy (non-hydrogen) atoms. The molecule has 0 aliphatic carbocycles. The average molecular weight is 160 g/mol. The van der Waals surface area contributed by atoms with E-state index in [4.69, 9.17) is 5.73 Å². The van der Waals surface area contributed by atoms with Crippen molar-refractivity contribution >= 4 is 23.1 Å². The second-order valence-corrected chi connectivity index (χ2v) is 2.45. The van der Waals surface area contributed by atoms with Gasteiger partial charge in [-0.25, -0.2) is 0 Å². The molecule has 3 N–H and O–H groups in total. The number of amides is 1. The molecule has 0 radical (unpaired) electrons. The van der Waals surface area contributed by atoms with Crippen LogP contribution in [0.1, 0.15) is 13.3 Å². The lowest BCUT2D eigenvalue weighted by Gasteiger charge is -2.09. The fraction of sp³-hybridized carbons (Fsp3) is 0.667. The second-order valence-electron chi connectivity index (χ2n) is 1.98. The van der Waals surface area contributed by atoms with E-state index in [1.807, 2.05) is 6.92 Å². The van der Waals surface area contributed by atoms with E-state index in [2.05, 4.69) is 17.5 Å². The summed E-state index contributed by atoms with van der Waals surface area (Å²) in [4.78, 5) is 11.2. The molecule has 0 aliphatic heterocycles. The van der Waals surface area contributed by atoms with Crippen LogP contribution in [-0.2, 0) is 4.79 Å². The van der Waals surface area contributed by atoms with Crippen LogP contribution in [-0.4, -0.2) is 17.9 Å². The van der Waals surface area contributed by atoms with Crippen molar-refractivity contribution < 1.29 is 4.79 Å². The number of thiocarbonyl (C=S) groups is 1. The number of rotatable bonds is 3. The molecule has 3 nitrogen and oxygen atoms in total. The summed E-state index contributed by atoms with van der Waals surface area (Å²) >= 11 is 4.68. The third-order valence-corrected chi connectivity index (χ3v) is 1.60. The molecule has 0 aromatic rings. The highest BCUT2D eigenvalue weighted by Gasteiger charge is 2.16. The summed E-state index contributed by atoms with van der Waals surface area (Å²) in [5, 5.41) is 2.49. The first-order chi connectivity index (χ1) is 4.63. The van der Waals surface area contributed by atoms with Gasteiger partial charge in [0.05, 0.1) is 10.9 Å². The largest absolute Gasteiger partial charge is 0.393 e. The Labute approximate surface area is 66.0 Å². The van der Waals surface area contributed by atoms with E-state index in [0.29, 0.717) is 6.42 Å². The van der Waals surface area contributed by atoms with E-state index in [1.165, 1.54) is 0 Å². The second kappa shape index (κ2) is 4.22. The van der Waals surface area contributed by atoms with Crippen molar-refractivity contribution in [1.29, 1.82) is 0 Å². The number of carbonyl (C=O) groups is 1. The molecule has 0 saturated carbocycles. The molecule has 0 aromatic carbocycles. The fourth-order valence-corrected chi connectivity index (χ4v) is 0.964. The van der Waals surface area contributed by atoms with Crippen LogP contribution in [0.3, 0.4) is 0 Å². The Hall–Kier alpha value is -0.640. The lowest BCUT2D eigenvalue weighted by atomic mass is 10.1. The lowest BCUT2D eigenvalue weighted by Crippen LogP contribution is -2.35. The number of nitrogens with two attached hydrogens (primary N) is 1. The molecule has 0 spiro atoms. The van der Waals surface area contributed by atoms with Gasteiger partial charge < -0.3 is 11.1 Å². The van der Waals surface area contributed by atoms with Crippen molar-refractivity contribution in [2.75, 3.05) is 7.05 Å². The van der Waals surface area contributed by atoms with E-state index < -0.39 is 0 Å². The van der Waals surface area contributed by atoms with E-state index >= 15 is 0 Å². The van der Waals surface area contributed by atoms with E-state index in [1.54, 1.807) is 7.05 Å². The molecule has 1 amide bonds. The van der Waals surface area contributed by atoms with Gasteiger partial charge >= 0.3 is 0 Å². The smallest absolute Gasteiger partial charge is 0.229 e. The topological polar surface area (TPSA) is 55.1 Å². The molecule has 0 fully saturated rings. The monoisotopic (exact) mass is 160 g/mol. The van der Waals surface area contributed by atoms with Gasteiger partial charge in [-0.3, -0.25) is 4.79 Å². The predicted octanol–water partition coefficient (Wildman–Crippen LogP) is 0.0447. The zero-order valence-corrected chi connectivity index (χ0v) is 6.99. The van der Waals surface area contributed by atoms with Crippen LogP contribution < -0.4 is 11.1 Å². The SMILES string of the molecule is CCC(C(=O)NC)C(N)=S. The van der Waals surface area contributed by atoms with Crippen molar-refractivity contribution in [3.05, 3.63) is 0 Å². The number of carbonyl (C=O) groups excluding carboxylic acids is 1. The van der Waals surface area contributed by atoms with Gasteiger partial charge in [-0.2, -0.15) is 0 Å². The first-order valence-electron chi connectivity index (χ1n) is 3.14. The molecule has 0 saturated heterocycles. The maximum Gasteiger partial charge on any atom is 0.229 e. The van der Waals surface area contributed by atoms with Crippen LogP contribution >= 0.6 is 12.2 Å². The zero-order valence-electron chi connectivity index (χ0n) is 6.18. The average Bonchev–Trinajstić information content (AvgIpc) is 1.88. The molecule has 0 rings (SSSR count). The number of nitrogens with one attached hydrogen (secondary N) is 1. The Kier molecular flexibility index (Phi) is 3.95. The minimum Gasteiger partial charge on any atom is -0.393 e. The molecule has 1 atom stereocenters. The van der Waals surface area contributed by atoms with Crippen molar-refractivity contribution in [2.45, 2.75) is 13.3 Å². The Bertz CT molecular complexity index is 147. The third kappa shape index (κ3) is 2.31. The summed E-state index contributed by atoms with van der Waals surface area (Å²) in [5.41, 5.74) is 5.29. The van der Waals surface area contributed by atoms with E-state index in [-0.39, 0.29) is 16.8 Å². The molecule has 0 bridgehead atoms. The lowest BCUT2D eigenvalue weighted by molar-refractivity contribution is -0.122. The molecule has 0 heterocycles. The Morgan fingerprint density at radius 3 is 2.40 bits per heavy atom. The summed E-state index contributed by atoms with van der Waals surface area (Å²) in [6.07, 6.45) is 0.662. The maximum atomic E-state index is 10.9. The van der Waals surface area contributed by atoms with Crippen LogP contribution in [0.25, 0.3) is 0 Å². The summed E-state index contributed by atoms with van der Waals surface area (Å²) in [6, 6.07) is 0. The van der Waals surface area contributed by atoms with Crippen molar-refractivity contribution in [3.63, 3.8) is 0 Å². The van der Waals surface area contributed by atoms with Crippen molar-refractivity contribution in [1.82, 2.24) is 5.32 Å². The Balaban J connectivity index is 4.06. The molecular weight excluding hydrogens is 148 g/mol. The minimum absolute atomic E-state index is 0.102. The van der Waals surface area contributed by atoms with Gasteiger partial charge in [-0.15, -0.1) is 0 Å². The highest BCUT2D eigenvalue weighted by Crippen LogP contribution is 2.01. The Morgan fingerprint density at radius 2 is 2.30 bits per heavy atom. The van der Waals surface area contributed by atoms with Crippen molar-refractivity contribution in [2.24, 2.45) is 11.7 Å². The van der Waals surface area contributed by atoms with Crippen molar-refractivity contribution in [3.8, 4) is 0 Å². The van der Waals surface area contributed by atoms with Crippen LogP contribution in [0.4, 0.5) is 0 Å². The van der Waals surface area contributed by atoms with Crippen LogP contribution in [0, 0.1) is 5.92 Å². The molecule has 4 heteroatoms. The van der Waals surface area contributed by atoms with E-state index in [9.17, 15) is 4.79 Å².